The molecular formula is C17H11FO4. The third-order valence-electron chi connectivity index (χ3n) is 3.09. The van der Waals surface area contributed by atoms with E-state index in [0.717, 1.165) is 5.39 Å². The topological polar surface area (TPSA) is 56.5 Å². The molecule has 0 saturated carbocycles. The average Bonchev–Trinajstić information content (AvgIpc) is 2.49. The first-order chi connectivity index (χ1) is 10.6. The van der Waals surface area contributed by atoms with Gasteiger partial charge >= 0.3 is 11.6 Å². The Morgan fingerprint density at radius 2 is 1.77 bits per heavy atom. The van der Waals surface area contributed by atoms with Gasteiger partial charge in [-0.1, -0.05) is 12.1 Å². The van der Waals surface area contributed by atoms with E-state index in [-0.39, 0.29) is 18.0 Å². The molecule has 4 nitrogen and oxygen atoms in total. The average molecular weight is 298 g/mol. The fraction of sp³-hybridized carbons (Fsp3) is 0.0588. The van der Waals surface area contributed by atoms with Crippen LogP contribution in [-0.4, -0.2) is 5.97 Å². The van der Waals surface area contributed by atoms with Crippen LogP contribution in [0.5, 0.6) is 5.75 Å². The Hall–Kier alpha value is -2.95. The lowest BCUT2D eigenvalue weighted by molar-refractivity contribution is -0.133. The van der Waals surface area contributed by atoms with Gasteiger partial charge in [-0.3, -0.25) is 4.79 Å². The van der Waals surface area contributed by atoms with Crippen LogP contribution >= 0.6 is 0 Å². The lowest BCUT2D eigenvalue weighted by Gasteiger charge is -2.05. The van der Waals surface area contributed by atoms with Crippen molar-refractivity contribution >= 4 is 16.9 Å². The molecule has 2 aromatic carbocycles. The molecule has 22 heavy (non-hydrogen) atoms. The van der Waals surface area contributed by atoms with E-state index < -0.39 is 11.6 Å². The molecule has 0 amide bonds. The van der Waals surface area contributed by atoms with Gasteiger partial charge in [0.05, 0.1) is 6.42 Å². The zero-order valence-corrected chi connectivity index (χ0v) is 11.4. The highest BCUT2D eigenvalue weighted by Crippen LogP contribution is 2.20. The summed E-state index contributed by atoms with van der Waals surface area (Å²) < 4.78 is 23.0. The third kappa shape index (κ3) is 3.20. The van der Waals surface area contributed by atoms with Gasteiger partial charge in [-0.25, -0.2) is 9.18 Å². The first kappa shape index (κ1) is 14.0. The zero-order valence-electron chi connectivity index (χ0n) is 11.4. The standard InChI is InChI=1S/C17H11FO4/c18-13-5-1-11(2-6-13)9-17(20)21-14-7-3-12-4-8-16(19)22-15(12)10-14/h1-8,10H,9H2. The molecule has 0 spiro atoms. The second-order valence-corrected chi connectivity index (χ2v) is 4.73. The van der Waals surface area contributed by atoms with Gasteiger partial charge in [0.15, 0.2) is 0 Å². The molecule has 1 aromatic heterocycles. The molecule has 0 radical (unpaired) electrons. The van der Waals surface area contributed by atoms with Crippen molar-refractivity contribution < 1.29 is 18.3 Å². The summed E-state index contributed by atoms with van der Waals surface area (Å²) in [4.78, 5) is 23.0. The van der Waals surface area contributed by atoms with E-state index in [2.05, 4.69) is 0 Å². The van der Waals surface area contributed by atoms with Crippen molar-refractivity contribution in [2.45, 2.75) is 6.42 Å². The summed E-state index contributed by atoms with van der Waals surface area (Å²) in [6.07, 6.45) is 0.0249. The van der Waals surface area contributed by atoms with Crippen LogP contribution < -0.4 is 10.4 Å². The highest BCUT2D eigenvalue weighted by atomic mass is 19.1. The Morgan fingerprint density at radius 1 is 1.05 bits per heavy atom. The van der Waals surface area contributed by atoms with Crippen molar-refractivity contribution in [3.05, 3.63) is 76.4 Å². The van der Waals surface area contributed by atoms with Crippen molar-refractivity contribution in [3.63, 3.8) is 0 Å². The van der Waals surface area contributed by atoms with E-state index >= 15 is 0 Å². The number of halogens is 1. The molecule has 3 aromatic rings. The first-order valence-electron chi connectivity index (χ1n) is 6.59. The molecule has 0 aliphatic heterocycles. The fourth-order valence-corrected chi connectivity index (χ4v) is 2.04. The molecule has 5 heteroatoms. The Balaban J connectivity index is 1.76. The number of carbonyl (C=O) groups is 1. The smallest absolute Gasteiger partial charge is 0.336 e. The molecule has 110 valence electrons. The number of hydrogen-bond donors (Lipinski definition) is 0. The van der Waals surface area contributed by atoms with E-state index in [0.29, 0.717) is 11.1 Å². The lowest BCUT2D eigenvalue weighted by atomic mass is 10.1. The molecular weight excluding hydrogens is 287 g/mol. The van der Waals surface area contributed by atoms with Crippen molar-refractivity contribution in [1.82, 2.24) is 0 Å². The number of carbonyl (C=O) groups excluding carboxylic acids is 1. The van der Waals surface area contributed by atoms with Gasteiger partial charge in [-0.15, -0.1) is 0 Å². The van der Waals surface area contributed by atoms with Crippen molar-refractivity contribution in [1.29, 1.82) is 0 Å². The van der Waals surface area contributed by atoms with E-state index in [1.165, 1.54) is 36.4 Å². The van der Waals surface area contributed by atoms with Crippen LogP contribution in [0.15, 0.2) is 63.8 Å². The van der Waals surface area contributed by atoms with Gasteiger partial charge in [-0.2, -0.15) is 0 Å². The van der Waals surface area contributed by atoms with Crippen LogP contribution in [0.2, 0.25) is 0 Å². The number of ether oxygens (including phenoxy) is 1. The van der Waals surface area contributed by atoms with E-state index in [1.54, 1.807) is 18.2 Å². The number of fused-ring (bicyclic) bond motifs is 1. The second kappa shape index (κ2) is 5.81. The van der Waals surface area contributed by atoms with Gasteiger partial charge < -0.3 is 9.15 Å². The van der Waals surface area contributed by atoms with Gasteiger partial charge in [0.25, 0.3) is 0 Å². The largest absolute Gasteiger partial charge is 0.426 e. The first-order valence-corrected chi connectivity index (χ1v) is 6.59. The molecule has 3 rings (SSSR count). The van der Waals surface area contributed by atoms with Gasteiger partial charge in [0.2, 0.25) is 0 Å². The lowest BCUT2D eigenvalue weighted by Crippen LogP contribution is -2.11. The van der Waals surface area contributed by atoms with Crippen LogP contribution in [0.25, 0.3) is 11.0 Å². The maximum Gasteiger partial charge on any atom is 0.336 e. The molecule has 0 saturated heterocycles. The summed E-state index contributed by atoms with van der Waals surface area (Å²) in [5, 5.41) is 0.734. The molecule has 0 atom stereocenters. The molecule has 0 bridgehead atoms. The quantitative estimate of drug-likeness (QED) is 0.423. The molecule has 0 N–H and O–H groups in total. The number of hydrogen-bond acceptors (Lipinski definition) is 4. The normalized spacial score (nSPS) is 10.6. The molecule has 0 fully saturated rings. The molecule has 0 aliphatic rings. The summed E-state index contributed by atoms with van der Waals surface area (Å²) in [7, 11) is 0. The summed E-state index contributed by atoms with van der Waals surface area (Å²) in [6.45, 7) is 0. The number of esters is 1. The van der Waals surface area contributed by atoms with Crippen LogP contribution in [-0.2, 0) is 11.2 Å². The third-order valence-corrected chi connectivity index (χ3v) is 3.09. The number of benzene rings is 2. The minimum atomic E-state index is -0.482. The summed E-state index contributed by atoms with van der Waals surface area (Å²) in [5.41, 5.74) is 0.528. The fourth-order valence-electron chi connectivity index (χ4n) is 2.04. The van der Waals surface area contributed by atoms with Crippen molar-refractivity contribution in [2.75, 3.05) is 0 Å². The predicted molar refractivity (Wildman–Crippen MR) is 78.2 cm³/mol. The highest BCUT2D eigenvalue weighted by molar-refractivity contribution is 5.80. The van der Waals surface area contributed by atoms with Gasteiger partial charge in [-0.05, 0) is 35.9 Å². The Labute approximate surface area is 124 Å². The van der Waals surface area contributed by atoms with E-state index in [4.69, 9.17) is 9.15 Å². The maximum atomic E-state index is 12.8. The minimum absolute atomic E-state index is 0.0249. The van der Waals surface area contributed by atoms with Crippen LogP contribution in [0.4, 0.5) is 4.39 Å². The molecule has 0 unspecified atom stereocenters. The van der Waals surface area contributed by atoms with E-state index in [1.807, 2.05) is 0 Å². The SMILES string of the molecule is O=C(Cc1ccc(F)cc1)Oc1ccc2ccc(=O)oc2c1. The summed E-state index contributed by atoms with van der Waals surface area (Å²) in [5.74, 6) is -0.556. The number of rotatable bonds is 3. The Kier molecular flexibility index (Phi) is 3.70. The van der Waals surface area contributed by atoms with Crippen LogP contribution in [0.3, 0.4) is 0 Å². The van der Waals surface area contributed by atoms with Gasteiger partial charge in [0, 0.05) is 17.5 Å². The summed E-state index contributed by atoms with van der Waals surface area (Å²) in [6, 6.07) is 13.4. The monoisotopic (exact) mass is 298 g/mol. The van der Waals surface area contributed by atoms with Crippen molar-refractivity contribution in [2.24, 2.45) is 0 Å². The van der Waals surface area contributed by atoms with Crippen LogP contribution in [0, 0.1) is 5.82 Å². The Morgan fingerprint density at radius 3 is 2.55 bits per heavy atom. The highest BCUT2D eigenvalue weighted by Gasteiger charge is 2.08. The molecule has 1 heterocycles. The minimum Gasteiger partial charge on any atom is -0.426 e. The maximum absolute atomic E-state index is 12.8. The second-order valence-electron chi connectivity index (χ2n) is 4.73. The van der Waals surface area contributed by atoms with Crippen molar-refractivity contribution in [3.8, 4) is 5.75 Å². The van der Waals surface area contributed by atoms with E-state index in [9.17, 15) is 14.0 Å². The van der Waals surface area contributed by atoms with Crippen LogP contribution in [0.1, 0.15) is 5.56 Å². The summed E-state index contributed by atoms with van der Waals surface area (Å²) >= 11 is 0. The Bertz CT molecular complexity index is 881. The van der Waals surface area contributed by atoms with Gasteiger partial charge in [0.1, 0.15) is 17.1 Å². The predicted octanol–water partition coefficient (Wildman–Crippen LogP) is 3.08. The zero-order chi connectivity index (χ0) is 15.5. The molecule has 0 aliphatic carbocycles.